The third-order valence-electron chi connectivity index (χ3n) is 1.42. The Morgan fingerprint density at radius 1 is 1.83 bits per heavy atom. The van der Waals surface area contributed by atoms with Gasteiger partial charge in [0, 0.05) is 13.6 Å². The molecule has 0 saturated carbocycles. The second kappa shape index (κ2) is 4.01. The topological polar surface area (TPSA) is 58.1 Å². The van der Waals surface area contributed by atoms with E-state index in [9.17, 15) is 4.79 Å². The van der Waals surface area contributed by atoms with Gasteiger partial charge in [-0.1, -0.05) is 4.49 Å². The second-order valence-electron chi connectivity index (χ2n) is 2.23. The Morgan fingerprint density at radius 3 is 3.08 bits per heavy atom. The highest BCUT2D eigenvalue weighted by Gasteiger charge is 2.06. The number of carbonyl (C=O) groups is 1. The van der Waals surface area contributed by atoms with Crippen molar-refractivity contribution in [3.63, 3.8) is 0 Å². The number of aromatic nitrogens is 2. The first-order valence-corrected chi connectivity index (χ1v) is 4.37. The minimum absolute atomic E-state index is 0.162. The number of nitrogens with zero attached hydrogens (tertiary/aromatic N) is 3. The standard InChI is InChI=1S/C6H10N4OS/c1-3-10(2)6(11)7-5-4-12-9-8-5/h4H,3H2,1-2H3,(H,7,11). The maximum absolute atomic E-state index is 11.2. The number of hydrogen-bond acceptors (Lipinski definition) is 4. The minimum Gasteiger partial charge on any atom is -0.328 e. The Balaban J connectivity index is 2.47. The number of rotatable bonds is 2. The van der Waals surface area contributed by atoms with Gasteiger partial charge in [-0.15, -0.1) is 5.10 Å². The molecule has 5 nitrogen and oxygen atoms in total. The predicted octanol–water partition coefficient (Wildman–Crippen LogP) is 1.02. The molecule has 1 aromatic heterocycles. The van der Waals surface area contributed by atoms with Crippen molar-refractivity contribution in [3.8, 4) is 0 Å². The molecule has 6 heteroatoms. The van der Waals surface area contributed by atoms with Gasteiger partial charge in [0.15, 0.2) is 5.82 Å². The number of carbonyl (C=O) groups excluding carboxylic acids is 1. The van der Waals surface area contributed by atoms with Crippen LogP contribution in [0.2, 0.25) is 0 Å². The number of anilines is 1. The van der Waals surface area contributed by atoms with Gasteiger partial charge >= 0.3 is 6.03 Å². The van der Waals surface area contributed by atoms with Gasteiger partial charge < -0.3 is 4.90 Å². The van der Waals surface area contributed by atoms with E-state index in [2.05, 4.69) is 14.9 Å². The van der Waals surface area contributed by atoms with Gasteiger partial charge in [-0.2, -0.15) is 0 Å². The van der Waals surface area contributed by atoms with Crippen molar-refractivity contribution < 1.29 is 4.79 Å². The zero-order valence-electron chi connectivity index (χ0n) is 6.94. The summed E-state index contributed by atoms with van der Waals surface area (Å²) in [6.45, 7) is 2.57. The molecule has 1 aromatic rings. The largest absolute Gasteiger partial charge is 0.328 e. The number of amides is 2. The van der Waals surface area contributed by atoms with Crippen molar-refractivity contribution in [2.24, 2.45) is 0 Å². The van der Waals surface area contributed by atoms with Crippen molar-refractivity contribution in [1.29, 1.82) is 0 Å². The molecule has 0 aromatic carbocycles. The first kappa shape index (κ1) is 8.92. The summed E-state index contributed by atoms with van der Waals surface area (Å²) in [5.41, 5.74) is 0. The van der Waals surface area contributed by atoms with Crippen LogP contribution in [0.1, 0.15) is 6.92 Å². The lowest BCUT2D eigenvalue weighted by molar-refractivity contribution is 0.224. The van der Waals surface area contributed by atoms with E-state index in [0.717, 1.165) is 0 Å². The van der Waals surface area contributed by atoms with Gasteiger partial charge in [-0.05, 0) is 18.5 Å². The van der Waals surface area contributed by atoms with E-state index in [1.54, 1.807) is 17.3 Å². The summed E-state index contributed by atoms with van der Waals surface area (Å²) in [4.78, 5) is 12.7. The highest BCUT2D eigenvalue weighted by molar-refractivity contribution is 7.03. The Bertz CT molecular complexity index is 248. The van der Waals surface area contributed by atoms with Crippen LogP contribution in [0, 0.1) is 0 Å². The molecule has 0 aliphatic rings. The van der Waals surface area contributed by atoms with E-state index in [1.807, 2.05) is 6.92 Å². The van der Waals surface area contributed by atoms with E-state index in [4.69, 9.17) is 0 Å². The van der Waals surface area contributed by atoms with E-state index in [0.29, 0.717) is 12.4 Å². The average molecular weight is 186 g/mol. The van der Waals surface area contributed by atoms with E-state index in [-0.39, 0.29) is 6.03 Å². The predicted molar refractivity (Wildman–Crippen MR) is 47.2 cm³/mol. The number of nitrogens with one attached hydrogen (secondary N) is 1. The van der Waals surface area contributed by atoms with Crippen LogP contribution in [0.15, 0.2) is 5.38 Å². The SMILES string of the molecule is CCN(C)C(=O)Nc1csnn1. The summed E-state index contributed by atoms with van der Waals surface area (Å²) < 4.78 is 3.62. The Hall–Kier alpha value is -1.17. The van der Waals surface area contributed by atoms with Crippen molar-refractivity contribution in [2.45, 2.75) is 6.92 Å². The molecule has 1 N–H and O–H groups in total. The molecule has 0 radical (unpaired) electrons. The molecule has 0 aliphatic heterocycles. The first-order chi connectivity index (χ1) is 5.74. The minimum atomic E-state index is -0.162. The lowest BCUT2D eigenvalue weighted by Crippen LogP contribution is -2.31. The van der Waals surface area contributed by atoms with Crippen LogP contribution in [0.5, 0.6) is 0 Å². The van der Waals surface area contributed by atoms with Gasteiger partial charge in [0.05, 0.1) is 5.38 Å². The molecule has 0 unspecified atom stereocenters. The van der Waals surface area contributed by atoms with Gasteiger partial charge in [0.1, 0.15) is 0 Å². The lowest BCUT2D eigenvalue weighted by Gasteiger charge is -2.13. The Morgan fingerprint density at radius 2 is 2.58 bits per heavy atom. The smallest absolute Gasteiger partial charge is 0.322 e. The van der Waals surface area contributed by atoms with Crippen molar-refractivity contribution in [1.82, 2.24) is 14.5 Å². The van der Waals surface area contributed by atoms with Crippen LogP contribution in [-0.4, -0.2) is 34.1 Å². The fraction of sp³-hybridized carbons (Fsp3) is 0.500. The van der Waals surface area contributed by atoms with Crippen molar-refractivity contribution in [2.75, 3.05) is 18.9 Å². The molecule has 0 bridgehead atoms. The molecule has 0 atom stereocenters. The second-order valence-corrected chi connectivity index (χ2v) is 2.84. The third kappa shape index (κ3) is 2.16. The molecular weight excluding hydrogens is 176 g/mol. The summed E-state index contributed by atoms with van der Waals surface area (Å²) >= 11 is 1.21. The molecule has 0 aliphatic carbocycles. The zero-order valence-corrected chi connectivity index (χ0v) is 7.76. The fourth-order valence-electron chi connectivity index (χ4n) is 0.568. The van der Waals surface area contributed by atoms with Crippen molar-refractivity contribution in [3.05, 3.63) is 5.38 Å². The van der Waals surface area contributed by atoms with Crippen LogP contribution < -0.4 is 5.32 Å². The molecule has 1 rings (SSSR count). The van der Waals surface area contributed by atoms with Gasteiger partial charge in [-0.3, -0.25) is 5.32 Å². The van der Waals surface area contributed by atoms with Gasteiger partial charge in [0.2, 0.25) is 0 Å². The summed E-state index contributed by atoms with van der Waals surface area (Å²) in [5, 5.41) is 7.96. The molecule has 0 fully saturated rings. The average Bonchev–Trinajstić information content (AvgIpc) is 2.55. The van der Waals surface area contributed by atoms with Crippen LogP contribution in [0.3, 0.4) is 0 Å². The maximum Gasteiger partial charge on any atom is 0.322 e. The Kier molecular flexibility index (Phi) is 2.98. The molecule has 0 saturated heterocycles. The molecule has 0 spiro atoms. The molecular formula is C6H10N4OS. The van der Waals surface area contributed by atoms with Gasteiger partial charge in [-0.25, -0.2) is 4.79 Å². The van der Waals surface area contributed by atoms with E-state index >= 15 is 0 Å². The van der Waals surface area contributed by atoms with Crippen molar-refractivity contribution >= 4 is 23.4 Å². The lowest BCUT2D eigenvalue weighted by atomic mass is 10.6. The third-order valence-corrected chi connectivity index (χ3v) is 1.92. The van der Waals surface area contributed by atoms with E-state index < -0.39 is 0 Å². The highest BCUT2D eigenvalue weighted by Crippen LogP contribution is 2.03. The quantitative estimate of drug-likeness (QED) is 0.750. The normalized spacial score (nSPS) is 9.50. The summed E-state index contributed by atoms with van der Waals surface area (Å²) in [7, 11) is 1.72. The summed E-state index contributed by atoms with van der Waals surface area (Å²) in [6, 6.07) is -0.162. The van der Waals surface area contributed by atoms with Crippen LogP contribution in [-0.2, 0) is 0 Å². The van der Waals surface area contributed by atoms with E-state index in [1.165, 1.54) is 11.5 Å². The maximum atomic E-state index is 11.2. The van der Waals surface area contributed by atoms with Crippen LogP contribution in [0.4, 0.5) is 10.6 Å². The highest BCUT2D eigenvalue weighted by atomic mass is 32.1. The van der Waals surface area contributed by atoms with Crippen LogP contribution in [0.25, 0.3) is 0 Å². The Labute approximate surface area is 74.6 Å². The van der Waals surface area contributed by atoms with Gasteiger partial charge in [0.25, 0.3) is 0 Å². The number of hydrogen-bond donors (Lipinski definition) is 1. The summed E-state index contributed by atoms with van der Waals surface area (Å²) in [6.07, 6.45) is 0. The van der Waals surface area contributed by atoms with Crippen LogP contribution >= 0.6 is 11.5 Å². The molecule has 2 amide bonds. The molecule has 1 heterocycles. The summed E-state index contributed by atoms with van der Waals surface area (Å²) in [5.74, 6) is 0.505. The first-order valence-electron chi connectivity index (χ1n) is 3.53. The zero-order chi connectivity index (χ0) is 8.97. The number of urea groups is 1. The molecule has 66 valence electrons. The molecule has 12 heavy (non-hydrogen) atoms. The monoisotopic (exact) mass is 186 g/mol. The fourth-order valence-corrected chi connectivity index (χ4v) is 0.956.